The third-order valence-corrected chi connectivity index (χ3v) is 7.01. The number of rotatable bonds is 9. The van der Waals surface area contributed by atoms with Gasteiger partial charge in [-0.3, -0.25) is 4.79 Å². The van der Waals surface area contributed by atoms with Crippen LogP contribution in [0, 0.1) is 0 Å². The molecular formula is C24H28N2O5S. The smallest absolute Gasteiger partial charge is 0.248 e. The zero-order valence-electron chi connectivity index (χ0n) is 18.1. The average Bonchev–Trinajstić information content (AvgIpc) is 2.82. The maximum atomic E-state index is 13.1. The molecule has 1 fully saturated rings. The number of ether oxygens (including phenoxy) is 2. The SMILES string of the molecule is C=CCOc1ccc(/C=C/C(=O)Nc2ccccc2S(=O)(=O)N2CCCCC2)cc1OC. The molecular weight excluding hydrogens is 428 g/mol. The molecule has 0 unspecified atom stereocenters. The number of hydrogen-bond donors (Lipinski definition) is 1. The summed E-state index contributed by atoms with van der Waals surface area (Å²) in [4.78, 5) is 12.6. The third-order valence-electron chi connectivity index (χ3n) is 5.05. The lowest BCUT2D eigenvalue weighted by atomic mass is 10.2. The van der Waals surface area contributed by atoms with E-state index in [4.69, 9.17) is 9.47 Å². The van der Waals surface area contributed by atoms with Crippen molar-refractivity contribution in [3.63, 3.8) is 0 Å². The molecule has 1 saturated heterocycles. The number of nitrogens with zero attached hydrogens (tertiary/aromatic N) is 1. The van der Waals surface area contributed by atoms with Crippen molar-refractivity contribution in [2.75, 3.05) is 32.1 Å². The molecule has 0 aliphatic carbocycles. The predicted molar refractivity (Wildman–Crippen MR) is 125 cm³/mol. The molecule has 0 bridgehead atoms. The molecule has 7 nitrogen and oxygen atoms in total. The van der Waals surface area contributed by atoms with E-state index in [0.29, 0.717) is 31.2 Å². The summed E-state index contributed by atoms with van der Waals surface area (Å²) in [7, 11) is -2.13. The molecule has 0 radical (unpaired) electrons. The van der Waals surface area contributed by atoms with Gasteiger partial charge in [0.2, 0.25) is 15.9 Å². The highest BCUT2D eigenvalue weighted by Crippen LogP contribution is 2.29. The topological polar surface area (TPSA) is 84.9 Å². The molecule has 32 heavy (non-hydrogen) atoms. The van der Waals surface area contributed by atoms with Gasteiger partial charge in [0.05, 0.1) is 12.8 Å². The van der Waals surface area contributed by atoms with Gasteiger partial charge in [0, 0.05) is 19.2 Å². The number of benzene rings is 2. The lowest BCUT2D eigenvalue weighted by Gasteiger charge is -2.26. The highest BCUT2D eigenvalue weighted by molar-refractivity contribution is 7.89. The number of hydrogen-bond acceptors (Lipinski definition) is 5. The fraction of sp³-hybridized carbons (Fsp3) is 0.292. The van der Waals surface area contributed by atoms with E-state index in [0.717, 1.165) is 24.8 Å². The van der Waals surface area contributed by atoms with Crippen LogP contribution in [0.5, 0.6) is 11.5 Å². The average molecular weight is 457 g/mol. The van der Waals surface area contributed by atoms with Gasteiger partial charge >= 0.3 is 0 Å². The van der Waals surface area contributed by atoms with Gasteiger partial charge in [0.25, 0.3) is 0 Å². The Morgan fingerprint density at radius 3 is 2.59 bits per heavy atom. The van der Waals surface area contributed by atoms with Gasteiger partial charge in [-0.25, -0.2) is 8.42 Å². The number of carbonyl (C=O) groups excluding carboxylic acids is 1. The Balaban J connectivity index is 1.74. The second-order valence-electron chi connectivity index (χ2n) is 7.29. The number of anilines is 1. The van der Waals surface area contributed by atoms with Crippen molar-refractivity contribution in [3.05, 3.63) is 66.8 Å². The van der Waals surface area contributed by atoms with Gasteiger partial charge in [-0.15, -0.1) is 0 Å². The molecule has 0 aromatic heterocycles. The Morgan fingerprint density at radius 1 is 1.12 bits per heavy atom. The summed E-state index contributed by atoms with van der Waals surface area (Å²) in [5.41, 5.74) is 0.996. The van der Waals surface area contributed by atoms with Crippen LogP contribution in [0.4, 0.5) is 5.69 Å². The minimum absolute atomic E-state index is 0.106. The van der Waals surface area contributed by atoms with Gasteiger partial charge < -0.3 is 14.8 Å². The van der Waals surface area contributed by atoms with E-state index < -0.39 is 15.9 Å². The van der Waals surface area contributed by atoms with E-state index in [-0.39, 0.29) is 10.6 Å². The second kappa shape index (κ2) is 11.0. The lowest BCUT2D eigenvalue weighted by Crippen LogP contribution is -2.36. The van der Waals surface area contributed by atoms with Crippen molar-refractivity contribution in [1.82, 2.24) is 4.31 Å². The van der Waals surface area contributed by atoms with Crippen LogP contribution in [0.25, 0.3) is 6.08 Å². The van der Waals surface area contributed by atoms with Crippen LogP contribution in [0.2, 0.25) is 0 Å². The summed E-state index contributed by atoms with van der Waals surface area (Å²) in [6.07, 6.45) is 7.33. The van der Waals surface area contributed by atoms with E-state index in [2.05, 4.69) is 11.9 Å². The fourth-order valence-electron chi connectivity index (χ4n) is 3.44. The minimum atomic E-state index is -3.67. The van der Waals surface area contributed by atoms with Crippen molar-refractivity contribution in [2.45, 2.75) is 24.2 Å². The quantitative estimate of drug-likeness (QED) is 0.454. The molecule has 170 valence electrons. The number of amides is 1. The van der Waals surface area contributed by atoms with Crippen LogP contribution < -0.4 is 14.8 Å². The highest BCUT2D eigenvalue weighted by atomic mass is 32.2. The van der Waals surface area contributed by atoms with E-state index in [1.807, 2.05) is 0 Å². The van der Waals surface area contributed by atoms with E-state index >= 15 is 0 Å². The molecule has 1 aliphatic heterocycles. The molecule has 3 rings (SSSR count). The lowest BCUT2D eigenvalue weighted by molar-refractivity contribution is -0.111. The van der Waals surface area contributed by atoms with E-state index in [9.17, 15) is 13.2 Å². The zero-order chi connectivity index (χ0) is 23.0. The molecule has 2 aromatic rings. The van der Waals surface area contributed by atoms with Gasteiger partial charge in [-0.1, -0.05) is 37.3 Å². The Morgan fingerprint density at radius 2 is 1.88 bits per heavy atom. The highest BCUT2D eigenvalue weighted by Gasteiger charge is 2.28. The Kier molecular flexibility index (Phi) is 8.08. The molecule has 0 atom stereocenters. The Labute approximate surface area is 189 Å². The normalized spacial score (nSPS) is 14.8. The third kappa shape index (κ3) is 5.77. The maximum Gasteiger partial charge on any atom is 0.248 e. The molecule has 0 saturated carbocycles. The first kappa shape index (κ1) is 23.6. The predicted octanol–water partition coefficient (Wildman–Crippen LogP) is 4.09. The number of sulfonamides is 1. The van der Waals surface area contributed by atoms with Crippen LogP contribution in [-0.2, 0) is 14.8 Å². The molecule has 8 heteroatoms. The van der Waals surface area contributed by atoms with Crippen LogP contribution in [0.3, 0.4) is 0 Å². The van der Waals surface area contributed by atoms with Gasteiger partial charge in [-0.05, 0) is 48.7 Å². The molecule has 0 spiro atoms. The van der Waals surface area contributed by atoms with Crippen molar-refractivity contribution in [3.8, 4) is 11.5 Å². The largest absolute Gasteiger partial charge is 0.493 e. The van der Waals surface area contributed by atoms with Crippen molar-refractivity contribution in [1.29, 1.82) is 0 Å². The first-order valence-electron chi connectivity index (χ1n) is 10.5. The summed E-state index contributed by atoms with van der Waals surface area (Å²) in [6.45, 7) is 4.97. The summed E-state index contributed by atoms with van der Waals surface area (Å²) in [5.74, 6) is 0.676. The summed E-state index contributed by atoms with van der Waals surface area (Å²) < 4.78 is 38.5. The number of nitrogens with one attached hydrogen (secondary N) is 1. The van der Waals surface area contributed by atoms with E-state index in [1.165, 1.54) is 23.6 Å². The molecule has 1 N–H and O–H groups in total. The van der Waals surface area contributed by atoms with Gasteiger partial charge in [-0.2, -0.15) is 4.31 Å². The zero-order valence-corrected chi connectivity index (χ0v) is 18.9. The number of piperidine rings is 1. The summed E-state index contributed by atoms with van der Waals surface area (Å²) >= 11 is 0. The van der Waals surface area contributed by atoms with Crippen LogP contribution in [-0.4, -0.2) is 45.4 Å². The van der Waals surface area contributed by atoms with Crippen LogP contribution in [0.15, 0.2) is 66.1 Å². The molecule has 1 heterocycles. The standard InChI is InChI=1S/C24H28N2O5S/c1-3-17-31-21-13-11-19(18-22(21)30-2)12-14-24(27)25-20-9-5-6-10-23(20)32(28,29)26-15-7-4-8-16-26/h3,5-6,9-14,18H,1,4,7-8,15-17H2,2H3,(H,25,27)/b14-12+. The minimum Gasteiger partial charge on any atom is -0.493 e. The van der Waals surface area contributed by atoms with Crippen LogP contribution in [0.1, 0.15) is 24.8 Å². The number of para-hydroxylation sites is 1. The first-order chi connectivity index (χ1) is 15.5. The van der Waals surface area contributed by atoms with Crippen molar-refractivity contribution in [2.24, 2.45) is 0 Å². The Hall–Kier alpha value is -3.10. The first-order valence-corrected chi connectivity index (χ1v) is 11.9. The number of methoxy groups -OCH3 is 1. The van der Waals surface area contributed by atoms with Gasteiger partial charge in [0.1, 0.15) is 11.5 Å². The second-order valence-corrected chi connectivity index (χ2v) is 9.20. The fourth-order valence-corrected chi connectivity index (χ4v) is 5.11. The number of carbonyl (C=O) groups is 1. The van der Waals surface area contributed by atoms with Gasteiger partial charge in [0.15, 0.2) is 11.5 Å². The molecule has 2 aromatic carbocycles. The van der Waals surface area contributed by atoms with Crippen molar-refractivity contribution < 1.29 is 22.7 Å². The maximum absolute atomic E-state index is 13.1. The monoisotopic (exact) mass is 456 g/mol. The van der Waals surface area contributed by atoms with Crippen LogP contribution >= 0.6 is 0 Å². The Bertz CT molecular complexity index is 1090. The molecule has 1 amide bonds. The molecule has 1 aliphatic rings. The van der Waals surface area contributed by atoms with E-state index in [1.54, 1.807) is 48.6 Å². The summed E-state index contributed by atoms with van der Waals surface area (Å²) in [5, 5.41) is 2.70. The summed E-state index contributed by atoms with van der Waals surface area (Å²) in [6, 6.07) is 11.8. The van der Waals surface area contributed by atoms with Crippen molar-refractivity contribution >= 4 is 27.7 Å².